The summed E-state index contributed by atoms with van der Waals surface area (Å²) in [6, 6.07) is 26.9. The highest BCUT2D eigenvalue weighted by Crippen LogP contribution is 2.53. The molecule has 3 aromatic heterocycles. The van der Waals surface area contributed by atoms with Crippen LogP contribution in [0.3, 0.4) is 0 Å². The van der Waals surface area contributed by atoms with Gasteiger partial charge in [-0.1, -0.05) is 50.2 Å². The number of fused-ring (bicyclic) bond motifs is 4. The molecule has 2 aromatic carbocycles. The number of ketones is 2. The Morgan fingerprint density at radius 3 is 2.00 bits per heavy atom. The third-order valence-electron chi connectivity index (χ3n) is 7.33. The number of nitrogens with zero attached hydrogens (tertiary/aromatic N) is 2. The molecule has 0 atom stereocenters. The lowest BCUT2D eigenvalue weighted by atomic mass is 9.86. The zero-order chi connectivity index (χ0) is 26.0. The normalized spacial score (nSPS) is 14.8. The van der Waals surface area contributed by atoms with Crippen LogP contribution in [0, 0.1) is 0 Å². The highest BCUT2D eigenvalue weighted by Gasteiger charge is 2.40. The van der Waals surface area contributed by atoms with E-state index in [0.29, 0.717) is 11.1 Å². The molecule has 3 heterocycles. The summed E-state index contributed by atoms with van der Waals surface area (Å²) in [5.41, 5.74) is 6.39. The van der Waals surface area contributed by atoms with Crippen LogP contribution in [-0.2, 0) is 5.41 Å². The van der Waals surface area contributed by atoms with E-state index in [4.69, 9.17) is 4.98 Å². The first-order valence-corrected chi connectivity index (χ1v) is 14.1. The van der Waals surface area contributed by atoms with E-state index >= 15 is 0 Å². The standard InChI is InChI=1S/C32H22N2O2S2/c1-32(2)26-16-21(15-23-28(35)24-17-37-18-25(24)29(23)36)38-30(26)22-13-14-27(33-31(22)32)34(19-9-5-3-6-10-19)20-11-7-4-8-12-20/h3-18H,1-2H3. The van der Waals surface area contributed by atoms with Crippen molar-refractivity contribution in [1.82, 2.24) is 4.98 Å². The molecule has 7 rings (SSSR count). The van der Waals surface area contributed by atoms with Gasteiger partial charge < -0.3 is 0 Å². The molecule has 0 saturated carbocycles. The van der Waals surface area contributed by atoms with E-state index in [1.807, 2.05) is 36.4 Å². The number of thiophene rings is 2. The molecule has 2 aliphatic rings. The van der Waals surface area contributed by atoms with Gasteiger partial charge in [0.15, 0.2) is 11.6 Å². The van der Waals surface area contributed by atoms with E-state index in [0.717, 1.165) is 38.2 Å². The lowest BCUT2D eigenvalue weighted by molar-refractivity contribution is 0.0990. The van der Waals surface area contributed by atoms with Gasteiger partial charge in [-0.2, -0.15) is 11.3 Å². The molecule has 0 spiro atoms. The lowest BCUT2D eigenvalue weighted by Gasteiger charge is -2.26. The third kappa shape index (κ3) is 3.37. The molecule has 0 bridgehead atoms. The van der Waals surface area contributed by atoms with Crippen molar-refractivity contribution in [3.63, 3.8) is 0 Å². The first-order chi connectivity index (χ1) is 18.4. The van der Waals surface area contributed by atoms with Gasteiger partial charge in [0.25, 0.3) is 0 Å². The molecular formula is C32H22N2O2S2. The van der Waals surface area contributed by atoms with E-state index in [-0.39, 0.29) is 22.6 Å². The molecule has 0 aliphatic heterocycles. The molecular weight excluding hydrogens is 508 g/mol. The van der Waals surface area contributed by atoms with Crippen molar-refractivity contribution < 1.29 is 9.59 Å². The topological polar surface area (TPSA) is 50.3 Å². The maximum Gasteiger partial charge on any atom is 0.198 e. The Kier molecular flexibility index (Phi) is 5.12. The van der Waals surface area contributed by atoms with Gasteiger partial charge in [-0.05, 0) is 54.1 Å². The smallest absolute Gasteiger partial charge is 0.198 e. The van der Waals surface area contributed by atoms with Crippen molar-refractivity contribution >= 4 is 57.5 Å². The predicted octanol–water partition coefficient (Wildman–Crippen LogP) is 8.44. The quantitative estimate of drug-likeness (QED) is 0.173. The molecule has 6 heteroatoms. The average Bonchev–Trinajstić information content (AvgIpc) is 3.68. The van der Waals surface area contributed by atoms with Crippen LogP contribution in [0.15, 0.2) is 95.2 Å². The summed E-state index contributed by atoms with van der Waals surface area (Å²) in [4.78, 5) is 35.1. The molecule has 0 N–H and O–H groups in total. The number of hydrogen-bond acceptors (Lipinski definition) is 6. The molecule has 0 saturated heterocycles. The molecule has 2 aliphatic carbocycles. The van der Waals surface area contributed by atoms with Crippen molar-refractivity contribution in [3.05, 3.63) is 122 Å². The summed E-state index contributed by atoms with van der Waals surface area (Å²) in [7, 11) is 0. The second-order valence-electron chi connectivity index (χ2n) is 10.0. The summed E-state index contributed by atoms with van der Waals surface area (Å²) in [6.07, 6.45) is 1.77. The van der Waals surface area contributed by atoms with Crippen molar-refractivity contribution in [3.8, 4) is 10.4 Å². The lowest BCUT2D eigenvalue weighted by Crippen LogP contribution is -2.19. The summed E-state index contributed by atoms with van der Waals surface area (Å²) >= 11 is 3.01. The van der Waals surface area contributed by atoms with Gasteiger partial charge in [-0.3, -0.25) is 14.5 Å². The van der Waals surface area contributed by atoms with E-state index < -0.39 is 0 Å². The Morgan fingerprint density at radius 2 is 1.39 bits per heavy atom. The molecule has 0 amide bonds. The van der Waals surface area contributed by atoms with E-state index in [2.05, 4.69) is 61.2 Å². The second kappa shape index (κ2) is 8.45. The Hall–Kier alpha value is -4.13. The van der Waals surface area contributed by atoms with Crippen molar-refractivity contribution in [2.24, 2.45) is 0 Å². The molecule has 5 aromatic rings. The van der Waals surface area contributed by atoms with Gasteiger partial charge in [0.05, 0.1) is 11.3 Å². The van der Waals surface area contributed by atoms with E-state index in [1.165, 1.54) is 16.9 Å². The summed E-state index contributed by atoms with van der Waals surface area (Å²) in [6.45, 7) is 4.38. The van der Waals surface area contributed by atoms with Crippen molar-refractivity contribution in [2.45, 2.75) is 19.3 Å². The van der Waals surface area contributed by atoms with Gasteiger partial charge in [0, 0.05) is 54.0 Å². The molecule has 184 valence electrons. The molecule has 4 nitrogen and oxygen atoms in total. The highest BCUT2D eigenvalue weighted by molar-refractivity contribution is 7.16. The first kappa shape index (κ1) is 23.0. The van der Waals surface area contributed by atoms with Crippen LogP contribution in [0.1, 0.15) is 50.7 Å². The summed E-state index contributed by atoms with van der Waals surface area (Å²) in [5, 5.41) is 3.53. The fourth-order valence-corrected chi connectivity index (χ4v) is 7.49. The van der Waals surface area contributed by atoms with Crippen LogP contribution in [0.25, 0.3) is 16.5 Å². The van der Waals surface area contributed by atoms with E-state index in [9.17, 15) is 9.59 Å². The minimum absolute atomic E-state index is 0.173. The number of pyridine rings is 1. The molecule has 0 radical (unpaired) electrons. The van der Waals surface area contributed by atoms with Gasteiger partial charge in [-0.15, -0.1) is 11.3 Å². The minimum atomic E-state index is -0.325. The largest absolute Gasteiger partial charge is 0.295 e. The first-order valence-electron chi connectivity index (χ1n) is 12.4. The number of carbonyl (C=O) groups is 2. The van der Waals surface area contributed by atoms with Crippen LogP contribution < -0.4 is 4.90 Å². The minimum Gasteiger partial charge on any atom is -0.295 e. The molecule has 0 fully saturated rings. The van der Waals surface area contributed by atoms with Crippen LogP contribution in [0.2, 0.25) is 0 Å². The fourth-order valence-electron chi connectivity index (χ4n) is 5.39. The SMILES string of the molecule is CC1(C)c2cc(C=C3C(=O)c4cscc4C3=O)sc2-c2ccc(N(c3ccccc3)c3ccccc3)nc21. The van der Waals surface area contributed by atoms with Gasteiger partial charge >= 0.3 is 0 Å². The number of allylic oxidation sites excluding steroid dienone is 1. The number of Topliss-reactive ketones (excluding diaryl/α,β-unsaturated/α-hetero) is 2. The Balaban J connectivity index is 1.30. The fraction of sp³-hybridized carbons (Fsp3) is 0.0938. The van der Waals surface area contributed by atoms with Crippen LogP contribution in [0.5, 0.6) is 0 Å². The number of hydrogen-bond donors (Lipinski definition) is 0. The van der Waals surface area contributed by atoms with Crippen LogP contribution >= 0.6 is 22.7 Å². The van der Waals surface area contributed by atoms with E-state index in [1.54, 1.807) is 28.2 Å². The summed E-state index contributed by atoms with van der Waals surface area (Å²) in [5.74, 6) is 0.514. The molecule has 38 heavy (non-hydrogen) atoms. The molecule has 0 unspecified atom stereocenters. The Labute approximate surface area is 228 Å². The number of aromatic nitrogens is 1. The third-order valence-corrected chi connectivity index (χ3v) is 9.19. The summed E-state index contributed by atoms with van der Waals surface area (Å²) < 4.78 is 0. The Bertz CT molecular complexity index is 1710. The van der Waals surface area contributed by atoms with Crippen molar-refractivity contribution in [1.29, 1.82) is 0 Å². The number of benzene rings is 2. The van der Waals surface area contributed by atoms with Crippen LogP contribution in [-0.4, -0.2) is 16.6 Å². The van der Waals surface area contributed by atoms with Gasteiger partial charge in [0.2, 0.25) is 0 Å². The van der Waals surface area contributed by atoms with Gasteiger partial charge in [-0.25, -0.2) is 4.98 Å². The van der Waals surface area contributed by atoms with Gasteiger partial charge in [0.1, 0.15) is 5.82 Å². The monoisotopic (exact) mass is 530 g/mol. The highest BCUT2D eigenvalue weighted by atomic mass is 32.1. The average molecular weight is 531 g/mol. The second-order valence-corrected chi connectivity index (χ2v) is 11.8. The number of para-hydroxylation sites is 2. The predicted molar refractivity (Wildman–Crippen MR) is 155 cm³/mol. The Morgan fingerprint density at radius 1 is 0.789 bits per heavy atom. The zero-order valence-corrected chi connectivity index (χ0v) is 22.4. The zero-order valence-electron chi connectivity index (χ0n) is 20.8. The van der Waals surface area contributed by atoms with Crippen LogP contribution in [0.4, 0.5) is 17.2 Å². The van der Waals surface area contributed by atoms with Crippen molar-refractivity contribution in [2.75, 3.05) is 4.90 Å². The number of rotatable bonds is 4. The number of anilines is 3. The maximum absolute atomic E-state index is 12.8. The number of carbonyl (C=O) groups excluding carboxylic acids is 2. The maximum atomic E-state index is 12.8.